The van der Waals surface area contributed by atoms with E-state index < -0.39 is 28.6 Å². The Morgan fingerprint density at radius 2 is 1.84 bits per heavy atom. The van der Waals surface area contributed by atoms with Gasteiger partial charge in [0.05, 0.1) is 24.3 Å². The minimum atomic E-state index is -2.75. The molecule has 1 atom stereocenters. The fourth-order valence-corrected chi connectivity index (χ4v) is 5.48. The van der Waals surface area contributed by atoms with E-state index in [1.807, 2.05) is 30.3 Å². The highest BCUT2D eigenvalue weighted by molar-refractivity contribution is 7.72. The number of anilines is 1. The lowest BCUT2D eigenvalue weighted by molar-refractivity contribution is -0.115. The molecule has 2 aromatic carbocycles. The van der Waals surface area contributed by atoms with Gasteiger partial charge in [0.15, 0.2) is 11.5 Å². The summed E-state index contributed by atoms with van der Waals surface area (Å²) in [4.78, 5) is 39.8. The first-order valence-corrected chi connectivity index (χ1v) is 13.8. The van der Waals surface area contributed by atoms with Crippen molar-refractivity contribution in [2.45, 2.75) is 32.4 Å². The summed E-state index contributed by atoms with van der Waals surface area (Å²) < 4.78 is 34.4. The van der Waals surface area contributed by atoms with Crippen molar-refractivity contribution in [2.24, 2.45) is 0 Å². The Balaban J connectivity index is 1.68. The molecule has 3 aromatic rings. The van der Waals surface area contributed by atoms with Crippen LogP contribution in [0.3, 0.4) is 0 Å². The molecule has 4 rings (SSSR count). The number of rotatable bonds is 11. The van der Waals surface area contributed by atoms with Crippen molar-refractivity contribution >= 4 is 44.8 Å². The van der Waals surface area contributed by atoms with Crippen molar-refractivity contribution in [1.29, 1.82) is 0 Å². The molecule has 9 nitrogen and oxygen atoms in total. The molecule has 0 aliphatic carbocycles. The van der Waals surface area contributed by atoms with Gasteiger partial charge in [0, 0.05) is 17.6 Å². The molecule has 0 radical (unpaired) electrons. The smallest absolute Gasteiger partial charge is 0.265 e. The number of ether oxygens (including phenoxy) is 2. The van der Waals surface area contributed by atoms with Crippen LogP contribution in [-0.4, -0.2) is 43.9 Å². The molecule has 194 valence electrons. The normalized spacial score (nSPS) is 13.5. The standard InChI is InChI=1S/C26H26N2O7S2/c1-3-22(29)27-24-23-18(15-36-24)25(30)28(26(23)31)19(11-12-37(32)33)17-9-10-20(34-2)21(13-17)35-14-16-7-5-4-6-8-16/h4-10,13,15,19,37H,3,11-12,14H2,1-2H3,(H,27,29). The van der Waals surface area contributed by atoms with E-state index >= 15 is 0 Å². The predicted octanol–water partition coefficient (Wildman–Crippen LogP) is 4.02. The molecule has 2 heterocycles. The summed E-state index contributed by atoms with van der Waals surface area (Å²) in [6.07, 6.45) is 0.223. The zero-order valence-electron chi connectivity index (χ0n) is 20.3. The number of nitrogens with zero attached hydrogens (tertiary/aromatic N) is 1. The van der Waals surface area contributed by atoms with Crippen LogP contribution in [0.2, 0.25) is 0 Å². The van der Waals surface area contributed by atoms with Crippen LogP contribution in [0.15, 0.2) is 53.9 Å². The predicted molar refractivity (Wildman–Crippen MR) is 140 cm³/mol. The Labute approximate surface area is 220 Å². The first kappa shape index (κ1) is 26.4. The van der Waals surface area contributed by atoms with Crippen LogP contribution >= 0.6 is 11.3 Å². The number of hydrogen-bond acceptors (Lipinski definition) is 8. The lowest BCUT2D eigenvalue weighted by Crippen LogP contribution is -2.35. The molecule has 0 saturated carbocycles. The van der Waals surface area contributed by atoms with Gasteiger partial charge in [-0.1, -0.05) is 43.3 Å². The number of benzene rings is 2. The van der Waals surface area contributed by atoms with E-state index in [1.165, 1.54) is 12.5 Å². The highest BCUT2D eigenvalue weighted by Crippen LogP contribution is 2.41. The van der Waals surface area contributed by atoms with E-state index in [2.05, 4.69) is 5.32 Å². The number of fused-ring (bicyclic) bond motifs is 1. The molecule has 3 amide bonds. The van der Waals surface area contributed by atoms with Gasteiger partial charge in [-0.15, -0.1) is 11.3 Å². The summed E-state index contributed by atoms with van der Waals surface area (Å²) in [5.74, 6) is -0.780. The summed E-state index contributed by atoms with van der Waals surface area (Å²) in [6, 6.07) is 13.7. The molecule has 0 fully saturated rings. The first-order chi connectivity index (χ1) is 17.8. The summed E-state index contributed by atoms with van der Waals surface area (Å²) in [5.41, 5.74) is 1.77. The van der Waals surface area contributed by atoms with Gasteiger partial charge in [0.1, 0.15) is 22.3 Å². The largest absolute Gasteiger partial charge is 0.493 e. The number of carbonyl (C=O) groups excluding carboxylic acids is 3. The minimum Gasteiger partial charge on any atom is -0.493 e. The van der Waals surface area contributed by atoms with Crippen molar-refractivity contribution < 1.29 is 32.3 Å². The molecule has 1 aliphatic rings. The topological polar surface area (TPSA) is 119 Å². The number of nitrogens with one attached hydrogen (secondary N) is 1. The van der Waals surface area contributed by atoms with Gasteiger partial charge >= 0.3 is 0 Å². The molecule has 0 bridgehead atoms. The highest BCUT2D eigenvalue weighted by Gasteiger charge is 2.43. The van der Waals surface area contributed by atoms with Gasteiger partial charge in [-0.3, -0.25) is 19.3 Å². The van der Waals surface area contributed by atoms with Crippen molar-refractivity contribution in [1.82, 2.24) is 4.90 Å². The Bertz CT molecular complexity index is 1390. The number of thiophene rings is 1. The maximum absolute atomic E-state index is 13.5. The molecular formula is C26H26N2O7S2. The highest BCUT2D eigenvalue weighted by atomic mass is 32.2. The Hall–Kier alpha value is -3.70. The molecule has 0 saturated heterocycles. The maximum Gasteiger partial charge on any atom is 0.265 e. The van der Waals surface area contributed by atoms with Crippen LogP contribution in [0, 0.1) is 0 Å². The summed E-state index contributed by atoms with van der Waals surface area (Å²) >= 11 is 1.11. The van der Waals surface area contributed by atoms with Crippen molar-refractivity contribution in [3.8, 4) is 11.5 Å². The third-order valence-electron chi connectivity index (χ3n) is 5.95. The van der Waals surface area contributed by atoms with E-state index in [4.69, 9.17) is 9.47 Å². The number of hydrogen-bond donors (Lipinski definition) is 2. The molecule has 1 aromatic heterocycles. The van der Waals surface area contributed by atoms with Gasteiger partial charge in [-0.25, -0.2) is 8.42 Å². The van der Waals surface area contributed by atoms with Crippen molar-refractivity contribution in [3.05, 3.63) is 76.2 Å². The van der Waals surface area contributed by atoms with Crippen LogP contribution in [0.4, 0.5) is 5.00 Å². The van der Waals surface area contributed by atoms with E-state index in [0.29, 0.717) is 22.1 Å². The average molecular weight is 543 g/mol. The second kappa shape index (κ2) is 11.6. The fraction of sp³-hybridized carbons (Fsp3) is 0.269. The van der Waals surface area contributed by atoms with E-state index in [-0.39, 0.29) is 42.2 Å². The summed E-state index contributed by atoms with van der Waals surface area (Å²) in [6.45, 7) is 1.94. The van der Waals surface area contributed by atoms with Gasteiger partial charge in [0.2, 0.25) is 5.91 Å². The number of amides is 3. The molecule has 1 N–H and O–H groups in total. The second-order valence-corrected chi connectivity index (χ2v) is 10.3. The average Bonchev–Trinajstić information content (AvgIpc) is 3.42. The van der Waals surface area contributed by atoms with Gasteiger partial charge in [-0.2, -0.15) is 0 Å². The summed E-state index contributed by atoms with van der Waals surface area (Å²) in [5, 5.41) is 4.52. The van der Waals surface area contributed by atoms with Crippen molar-refractivity contribution in [3.63, 3.8) is 0 Å². The Morgan fingerprint density at radius 3 is 2.51 bits per heavy atom. The minimum absolute atomic E-state index is 0.00495. The SMILES string of the molecule is CCC(=O)Nc1scc2c1C(=O)N(C(CC[SH](=O)=O)c1ccc(OC)c(OCc3ccccc3)c1)C2=O. The summed E-state index contributed by atoms with van der Waals surface area (Å²) in [7, 11) is -1.25. The second-order valence-electron chi connectivity index (χ2n) is 8.28. The third kappa shape index (κ3) is 5.67. The molecule has 1 aliphatic heterocycles. The van der Waals surface area contributed by atoms with Crippen LogP contribution in [0.5, 0.6) is 11.5 Å². The van der Waals surface area contributed by atoms with E-state index in [0.717, 1.165) is 21.8 Å². The Morgan fingerprint density at radius 1 is 1.08 bits per heavy atom. The monoisotopic (exact) mass is 542 g/mol. The molecule has 1 unspecified atom stereocenters. The number of methoxy groups -OCH3 is 1. The van der Waals surface area contributed by atoms with Gasteiger partial charge < -0.3 is 14.8 Å². The van der Waals surface area contributed by atoms with Crippen LogP contribution in [0.1, 0.15) is 57.7 Å². The number of imide groups is 1. The molecule has 0 spiro atoms. The quantitative estimate of drug-likeness (QED) is 0.277. The first-order valence-electron chi connectivity index (χ1n) is 11.6. The number of carbonyl (C=O) groups is 3. The van der Waals surface area contributed by atoms with Gasteiger partial charge in [-0.05, 0) is 29.7 Å². The van der Waals surface area contributed by atoms with Crippen LogP contribution in [-0.2, 0) is 22.1 Å². The van der Waals surface area contributed by atoms with Crippen molar-refractivity contribution in [2.75, 3.05) is 18.2 Å². The van der Waals surface area contributed by atoms with E-state index in [1.54, 1.807) is 25.1 Å². The van der Waals surface area contributed by atoms with Gasteiger partial charge in [0.25, 0.3) is 11.8 Å². The zero-order chi connectivity index (χ0) is 26.5. The zero-order valence-corrected chi connectivity index (χ0v) is 22.0. The lowest BCUT2D eigenvalue weighted by atomic mass is 10.0. The third-order valence-corrected chi connectivity index (χ3v) is 7.47. The maximum atomic E-state index is 13.5. The van der Waals surface area contributed by atoms with Crippen LogP contribution < -0.4 is 14.8 Å². The number of thiol groups is 1. The fourth-order valence-electron chi connectivity index (χ4n) is 4.08. The molecule has 11 heteroatoms. The lowest BCUT2D eigenvalue weighted by Gasteiger charge is -2.27. The molecule has 37 heavy (non-hydrogen) atoms. The van der Waals surface area contributed by atoms with E-state index in [9.17, 15) is 22.8 Å². The van der Waals surface area contributed by atoms with Crippen LogP contribution in [0.25, 0.3) is 0 Å². The Kier molecular flexibility index (Phi) is 8.24. The molecular weight excluding hydrogens is 516 g/mol.